The molecule has 0 spiro atoms. The second kappa shape index (κ2) is 6.54. The molecule has 1 atom stereocenters. The van der Waals surface area contributed by atoms with Gasteiger partial charge >= 0.3 is 0 Å². The van der Waals surface area contributed by atoms with E-state index in [0.717, 1.165) is 24.9 Å². The van der Waals surface area contributed by atoms with E-state index in [1.807, 2.05) is 6.33 Å². The van der Waals surface area contributed by atoms with E-state index in [2.05, 4.69) is 33.4 Å². The van der Waals surface area contributed by atoms with Gasteiger partial charge in [0.05, 0.1) is 13.4 Å². The van der Waals surface area contributed by atoms with Gasteiger partial charge in [0.2, 0.25) is 11.8 Å². The molecule has 0 aliphatic rings. The van der Waals surface area contributed by atoms with Crippen molar-refractivity contribution in [1.29, 1.82) is 0 Å². The Kier molecular flexibility index (Phi) is 4.76. The number of aromatic nitrogens is 4. The average Bonchev–Trinajstić information content (AvgIpc) is 2.86. The van der Waals surface area contributed by atoms with Gasteiger partial charge in [0.15, 0.2) is 11.2 Å². The first kappa shape index (κ1) is 14.6. The molecule has 0 amide bonds. The van der Waals surface area contributed by atoms with E-state index in [9.17, 15) is 0 Å². The predicted octanol–water partition coefficient (Wildman–Crippen LogP) is 2.95. The number of anilines is 1. The highest BCUT2D eigenvalue weighted by molar-refractivity contribution is 5.77. The Hall–Kier alpha value is -1.85. The molecule has 2 aromatic rings. The van der Waals surface area contributed by atoms with Crippen molar-refractivity contribution in [2.45, 2.75) is 52.0 Å². The lowest BCUT2D eigenvalue weighted by Gasteiger charge is -2.18. The summed E-state index contributed by atoms with van der Waals surface area (Å²) in [6.07, 6.45) is 7.58. The average molecular weight is 277 g/mol. The molecule has 6 heteroatoms. The van der Waals surface area contributed by atoms with Crippen LogP contribution in [0.5, 0.6) is 5.88 Å². The highest BCUT2D eigenvalue weighted by Gasteiger charge is 2.18. The van der Waals surface area contributed by atoms with Crippen LogP contribution in [0.15, 0.2) is 6.33 Å². The molecule has 0 fully saturated rings. The summed E-state index contributed by atoms with van der Waals surface area (Å²) in [7, 11) is 1.57. The number of imidazole rings is 1. The van der Waals surface area contributed by atoms with Crippen LogP contribution in [0.3, 0.4) is 0 Å². The standard InChI is InChI=1S/C14H23N5O/c1-4-6-8-10(7-5-2)19-9-16-11-12(19)17-14(15)18-13(11)20-3/h9-10H,4-8H2,1-3H3,(H2,15,17,18). The number of methoxy groups -OCH3 is 1. The first-order chi connectivity index (χ1) is 9.71. The Morgan fingerprint density at radius 1 is 1.25 bits per heavy atom. The minimum atomic E-state index is 0.224. The highest BCUT2D eigenvalue weighted by Crippen LogP contribution is 2.28. The number of rotatable bonds is 7. The summed E-state index contributed by atoms with van der Waals surface area (Å²) >= 11 is 0. The largest absolute Gasteiger partial charge is 0.479 e. The van der Waals surface area contributed by atoms with Gasteiger partial charge in [-0.05, 0) is 12.8 Å². The van der Waals surface area contributed by atoms with E-state index in [4.69, 9.17) is 10.5 Å². The fraction of sp³-hybridized carbons (Fsp3) is 0.643. The Bertz CT molecular complexity index is 566. The van der Waals surface area contributed by atoms with Gasteiger partial charge < -0.3 is 15.0 Å². The van der Waals surface area contributed by atoms with Gasteiger partial charge in [-0.15, -0.1) is 0 Å². The Morgan fingerprint density at radius 3 is 2.70 bits per heavy atom. The van der Waals surface area contributed by atoms with Crippen LogP contribution in [0.4, 0.5) is 5.95 Å². The van der Waals surface area contributed by atoms with Crippen LogP contribution in [0, 0.1) is 0 Å². The zero-order chi connectivity index (χ0) is 14.5. The summed E-state index contributed by atoms with van der Waals surface area (Å²) in [5.74, 6) is 0.666. The van der Waals surface area contributed by atoms with Crippen molar-refractivity contribution in [3.63, 3.8) is 0 Å². The van der Waals surface area contributed by atoms with Crippen LogP contribution in [0.2, 0.25) is 0 Å². The van der Waals surface area contributed by atoms with Gasteiger partial charge in [0, 0.05) is 6.04 Å². The molecule has 0 aromatic carbocycles. The summed E-state index contributed by atoms with van der Waals surface area (Å²) < 4.78 is 7.36. The van der Waals surface area contributed by atoms with E-state index >= 15 is 0 Å². The molecular weight excluding hydrogens is 254 g/mol. The van der Waals surface area contributed by atoms with Gasteiger partial charge in [-0.2, -0.15) is 9.97 Å². The van der Waals surface area contributed by atoms with Crippen LogP contribution < -0.4 is 10.5 Å². The third-order valence-corrected chi connectivity index (χ3v) is 3.51. The molecule has 1 unspecified atom stereocenters. The second-order valence-electron chi connectivity index (χ2n) is 5.00. The van der Waals surface area contributed by atoms with Crippen molar-refractivity contribution in [3.05, 3.63) is 6.33 Å². The number of fused-ring (bicyclic) bond motifs is 1. The van der Waals surface area contributed by atoms with E-state index in [0.29, 0.717) is 17.4 Å². The summed E-state index contributed by atoms with van der Waals surface area (Å²) in [6.45, 7) is 4.40. The van der Waals surface area contributed by atoms with Crippen molar-refractivity contribution in [1.82, 2.24) is 19.5 Å². The fourth-order valence-corrected chi connectivity index (χ4v) is 2.51. The molecule has 2 N–H and O–H groups in total. The number of hydrogen-bond donors (Lipinski definition) is 1. The molecular formula is C14H23N5O. The molecule has 2 heterocycles. The number of unbranched alkanes of at least 4 members (excludes halogenated alkanes) is 1. The van der Waals surface area contributed by atoms with Gasteiger partial charge in [-0.3, -0.25) is 0 Å². The minimum Gasteiger partial charge on any atom is -0.479 e. The zero-order valence-electron chi connectivity index (χ0n) is 12.5. The van der Waals surface area contributed by atoms with E-state index in [-0.39, 0.29) is 5.95 Å². The maximum atomic E-state index is 5.76. The van der Waals surface area contributed by atoms with Gasteiger partial charge in [0.1, 0.15) is 0 Å². The fourth-order valence-electron chi connectivity index (χ4n) is 2.51. The highest BCUT2D eigenvalue weighted by atomic mass is 16.5. The summed E-state index contributed by atoms with van der Waals surface area (Å²) in [6, 6.07) is 0.406. The van der Waals surface area contributed by atoms with E-state index in [1.165, 1.54) is 12.8 Å². The maximum Gasteiger partial charge on any atom is 0.246 e. The van der Waals surface area contributed by atoms with Crippen molar-refractivity contribution in [2.75, 3.05) is 12.8 Å². The molecule has 0 aliphatic heterocycles. The molecule has 0 radical (unpaired) electrons. The summed E-state index contributed by atoms with van der Waals surface area (Å²) in [4.78, 5) is 12.8. The van der Waals surface area contributed by atoms with Crippen molar-refractivity contribution < 1.29 is 4.74 Å². The lowest BCUT2D eigenvalue weighted by Crippen LogP contribution is -2.09. The zero-order valence-corrected chi connectivity index (χ0v) is 12.5. The Labute approximate surface area is 119 Å². The normalized spacial score (nSPS) is 12.8. The molecule has 0 saturated carbocycles. The molecule has 0 saturated heterocycles. The summed E-state index contributed by atoms with van der Waals surface area (Å²) in [5, 5.41) is 0. The lowest BCUT2D eigenvalue weighted by molar-refractivity contribution is 0.402. The van der Waals surface area contributed by atoms with Gasteiger partial charge in [-0.1, -0.05) is 33.1 Å². The number of nitrogens with two attached hydrogens (primary N) is 1. The molecule has 2 rings (SSSR count). The van der Waals surface area contributed by atoms with Gasteiger partial charge in [0.25, 0.3) is 0 Å². The van der Waals surface area contributed by atoms with Crippen LogP contribution in [0.1, 0.15) is 52.0 Å². The van der Waals surface area contributed by atoms with Crippen LogP contribution >= 0.6 is 0 Å². The third-order valence-electron chi connectivity index (χ3n) is 3.51. The second-order valence-corrected chi connectivity index (χ2v) is 5.00. The monoisotopic (exact) mass is 277 g/mol. The smallest absolute Gasteiger partial charge is 0.246 e. The van der Waals surface area contributed by atoms with Gasteiger partial charge in [-0.25, -0.2) is 4.98 Å². The van der Waals surface area contributed by atoms with E-state index in [1.54, 1.807) is 7.11 Å². The van der Waals surface area contributed by atoms with Crippen LogP contribution in [-0.4, -0.2) is 26.6 Å². The van der Waals surface area contributed by atoms with Crippen LogP contribution in [0.25, 0.3) is 11.2 Å². The minimum absolute atomic E-state index is 0.224. The first-order valence-electron chi connectivity index (χ1n) is 7.25. The lowest BCUT2D eigenvalue weighted by atomic mass is 10.1. The Balaban J connectivity index is 2.44. The van der Waals surface area contributed by atoms with Crippen LogP contribution in [-0.2, 0) is 0 Å². The third kappa shape index (κ3) is 2.84. The predicted molar refractivity (Wildman–Crippen MR) is 79.8 cm³/mol. The molecule has 6 nitrogen and oxygen atoms in total. The number of ether oxygens (including phenoxy) is 1. The maximum absolute atomic E-state index is 5.76. The quantitative estimate of drug-likeness (QED) is 0.841. The molecule has 0 aliphatic carbocycles. The van der Waals surface area contributed by atoms with Crippen molar-refractivity contribution >= 4 is 17.1 Å². The topological polar surface area (TPSA) is 78.8 Å². The number of nitrogen functional groups attached to an aromatic ring is 1. The number of nitrogens with zero attached hydrogens (tertiary/aromatic N) is 4. The van der Waals surface area contributed by atoms with Crippen molar-refractivity contribution in [2.24, 2.45) is 0 Å². The Morgan fingerprint density at radius 2 is 2.05 bits per heavy atom. The SMILES string of the molecule is CCCCC(CCC)n1cnc2c(OC)nc(N)nc21. The molecule has 20 heavy (non-hydrogen) atoms. The summed E-state index contributed by atoms with van der Waals surface area (Å²) in [5.41, 5.74) is 7.21. The molecule has 0 bridgehead atoms. The first-order valence-corrected chi connectivity index (χ1v) is 7.25. The van der Waals surface area contributed by atoms with Crippen molar-refractivity contribution in [3.8, 4) is 5.88 Å². The number of hydrogen-bond acceptors (Lipinski definition) is 5. The molecule has 2 aromatic heterocycles. The van der Waals surface area contributed by atoms with E-state index < -0.39 is 0 Å². The molecule has 110 valence electrons.